The Morgan fingerprint density at radius 3 is 2.05 bits per heavy atom. The summed E-state index contributed by atoms with van der Waals surface area (Å²) in [5.74, 6) is 0.752. The largest absolute Gasteiger partial charge is 0.457 e. The van der Waals surface area contributed by atoms with E-state index < -0.39 is 32.2 Å². The summed E-state index contributed by atoms with van der Waals surface area (Å²) in [7, 11) is -7.15. The van der Waals surface area contributed by atoms with Gasteiger partial charge in [-0.3, -0.25) is 13.9 Å². The molecule has 0 spiro atoms. The highest BCUT2D eigenvalue weighted by Gasteiger charge is 2.44. The van der Waals surface area contributed by atoms with Crippen LogP contribution in [0.15, 0.2) is 89.8 Å². The molecule has 1 heterocycles. The van der Waals surface area contributed by atoms with E-state index in [9.17, 15) is 22.3 Å². The van der Waals surface area contributed by atoms with Gasteiger partial charge in [0, 0.05) is 12.6 Å². The Morgan fingerprint density at radius 1 is 0.892 bits per heavy atom. The Bertz CT molecular complexity index is 1400. The van der Waals surface area contributed by atoms with Crippen molar-refractivity contribution >= 4 is 31.6 Å². The monoisotopic (exact) mass is 542 g/mol. The number of hydrogen-bond donors (Lipinski definition) is 3. The summed E-state index contributed by atoms with van der Waals surface area (Å²) in [5.41, 5.74) is 0.634. The first-order valence-corrected chi connectivity index (χ1v) is 14.6. The SMILES string of the molecule is CC(C)(C)N1C(=O)C=C(c2ccc(CCNS(=O)(=O)c3ccc(Oc4ccccc4)cc3)cc2)S1(O)O. The lowest BCUT2D eigenvalue weighted by molar-refractivity contribution is -0.124. The number of ether oxygens (including phenoxy) is 1. The molecule has 0 saturated carbocycles. The van der Waals surface area contributed by atoms with Crippen LogP contribution in [0.2, 0.25) is 0 Å². The quantitative estimate of drug-likeness (QED) is 0.339. The molecule has 1 aliphatic heterocycles. The van der Waals surface area contributed by atoms with Crippen LogP contribution in [0.5, 0.6) is 11.5 Å². The molecule has 1 amide bonds. The van der Waals surface area contributed by atoms with E-state index in [4.69, 9.17) is 4.74 Å². The number of para-hydroxylation sites is 1. The Labute approximate surface area is 219 Å². The van der Waals surface area contributed by atoms with E-state index in [0.29, 0.717) is 23.5 Å². The third-order valence-corrected chi connectivity index (χ3v) is 9.33. The topological polar surface area (TPSA) is 116 Å². The molecule has 10 heteroatoms. The van der Waals surface area contributed by atoms with E-state index in [1.165, 1.54) is 18.2 Å². The minimum Gasteiger partial charge on any atom is -0.457 e. The van der Waals surface area contributed by atoms with Crippen LogP contribution in [0.25, 0.3) is 4.91 Å². The zero-order chi connectivity index (χ0) is 26.8. The number of amides is 1. The minimum atomic E-state index is -3.70. The van der Waals surface area contributed by atoms with Crippen LogP contribution < -0.4 is 9.46 Å². The van der Waals surface area contributed by atoms with Gasteiger partial charge >= 0.3 is 0 Å². The molecular weight excluding hydrogens is 512 g/mol. The molecule has 37 heavy (non-hydrogen) atoms. The third-order valence-electron chi connectivity index (χ3n) is 5.67. The Morgan fingerprint density at radius 2 is 1.49 bits per heavy atom. The number of benzene rings is 3. The second kappa shape index (κ2) is 10.3. The Balaban J connectivity index is 1.35. The van der Waals surface area contributed by atoms with Crippen LogP contribution in [0, 0.1) is 0 Å². The molecule has 0 aromatic heterocycles. The molecule has 196 valence electrons. The molecule has 0 bridgehead atoms. The summed E-state index contributed by atoms with van der Waals surface area (Å²) in [6.45, 7) is 5.41. The van der Waals surface area contributed by atoms with Gasteiger partial charge in [0.15, 0.2) is 0 Å². The van der Waals surface area contributed by atoms with Gasteiger partial charge in [0.1, 0.15) is 11.5 Å². The van der Waals surface area contributed by atoms with Crippen LogP contribution in [0.4, 0.5) is 0 Å². The van der Waals surface area contributed by atoms with Gasteiger partial charge in [0.05, 0.1) is 15.3 Å². The summed E-state index contributed by atoms with van der Waals surface area (Å²) >= 11 is 0. The van der Waals surface area contributed by atoms with Crippen LogP contribution in [0.1, 0.15) is 31.9 Å². The highest BCUT2D eigenvalue weighted by molar-refractivity contribution is 8.31. The second-order valence-electron chi connectivity index (χ2n) is 9.56. The zero-order valence-electron chi connectivity index (χ0n) is 20.8. The van der Waals surface area contributed by atoms with E-state index in [1.807, 2.05) is 30.3 Å². The maximum atomic E-state index is 12.7. The lowest BCUT2D eigenvalue weighted by atomic mass is 10.1. The predicted molar refractivity (Wildman–Crippen MR) is 146 cm³/mol. The van der Waals surface area contributed by atoms with Crippen molar-refractivity contribution in [2.75, 3.05) is 6.54 Å². The summed E-state index contributed by atoms with van der Waals surface area (Å²) in [5, 5.41) is 0. The number of hydrogen-bond acceptors (Lipinski definition) is 6. The maximum absolute atomic E-state index is 12.7. The van der Waals surface area contributed by atoms with Crippen LogP contribution in [0.3, 0.4) is 0 Å². The molecule has 4 rings (SSSR count). The molecular formula is C27H30N2O6S2. The molecule has 0 aliphatic carbocycles. The standard InChI is InChI=1S/C27H30N2O6S2/c1-27(2,3)29-26(30)19-25(37(29,33)34)21-11-9-20(10-12-21)17-18-28-36(31,32)24-15-13-23(14-16-24)35-22-7-5-4-6-8-22/h4-16,19,28,33-34H,17-18H2,1-3H3. The van der Waals surface area contributed by atoms with Crippen molar-refractivity contribution < 1.29 is 27.1 Å². The van der Waals surface area contributed by atoms with Gasteiger partial charge in [-0.15, -0.1) is 0 Å². The summed E-state index contributed by atoms with van der Waals surface area (Å²) in [4.78, 5) is 12.7. The normalized spacial score (nSPS) is 16.4. The molecule has 0 radical (unpaired) electrons. The highest BCUT2D eigenvalue weighted by Crippen LogP contribution is 2.62. The zero-order valence-corrected chi connectivity index (χ0v) is 22.4. The van der Waals surface area contributed by atoms with E-state index in [2.05, 4.69) is 4.72 Å². The second-order valence-corrected chi connectivity index (χ2v) is 13.2. The average molecular weight is 543 g/mol. The molecule has 0 fully saturated rings. The minimum absolute atomic E-state index is 0.134. The number of nitrogens with one attached hydrogen (secondary N) is 1. The molecule has 3 N–H and O–H groups in total. The smallest absolute Gasteiger partial charge is 0.267 e. The van der Waals surface area contributed by atoms with Crippen molar-refractivity contribution in [1.82, 2.24) is 9.03 Å². The fraction of sp³-hybridized carbons (Fsp3) is 0.222. The maximum Gasteiger partial charge on any atom is 0.267 e. The van der Waals surface area contributed by atoms with Crippen molar-refractivity contribution in [2.45, 2.75) is 37.6 Å². The van der Waals surface area contributed by atoms with E-state index in [1.54, 1.807) is 57.2 Å². The predicted octanol–water partition coefficient (Wildman–Crippen LogP) is 5.65. The number of carbonyl (C=O) groups excluding carboxylic acids is 1. The van der Waals surface area contributed by atoms with Gasteiger partial charge in [0.25, 0.3) is 5.91 Å². The highest BCUT2D eigenvalue weighted by atomic mass is 32.3. The van der Waals surface area contributed by atoms with Crippen molar-refractivity contribution in [2.24, 2.45) is 0 Å². The summed E-state index contributed by atoms with van der Waals surface area (Å²) in [6, 6.07) is 22.4. The first-order chi connectivity index (χ1) is 17.4. The summed E-state index contributed by atoms with van der Waals surface area (Å²) in [6.07, 6.45) is 1.69. The van der Waals surface area contributed by atoms with E-state index in [0.717, 1.165) is 9.87 Å². The number of carbonyl (C=O) groups is 1. The van der Waals surface area contributed by atoms with E-state index in [-0.39, 0.29) is 16.3 Å². The van der Waals surface area contributed by atoms with Gasteiger partial charge in [-0.05, 0) is 74.7 Å². The first-order valence-electron chi connectivity index (χ1n) is 11.6. The van der Waals surface area contributed by atoms with Crippen molar-refractivity contribution in [3.05, 3.63) is 96.1 Å². The average Bonchev–Trinajstić information content (AvgIpc) is 3.08. The van der Waals surface area contributed by atoms with Gasteiger partial charge in [-0.25, -0.2) is 17.4 Å². The van der Waals surface area contributed by atoms with Crippen LogP contribution >= 0.6 is 10.8 Å². The molecule has 0 saturated heterocycles. The number of sulfonamides is 1. The third kappa shape index (κ3) is 6.06. The Kier molecular flexibility index (Phi) is 7.50. The van der Waals surface area contributed by atoms with Crippen molar-refractivity contribution in [3.8, 4) is 11.5 Å². The fourth-order valence-electron chi connectivity index (χ4n) is 3.99. The Hall–Kier alpha value is -3.15. The molecule has 0 unspecified atom stereocenters. The van der Waals surface area contributed by atoms with Crippen molar-refractivity contribution in [3.63, 3.8) is 0 Å². The molecule has 3 aromatic rings. The lowest BCUT2D eigenvalue weighted by Gasteiger charge is -2.46. The first kappa shape index (κ1) is 26.9. The fourth-order valence-corrected chi connectivity index (χ4v) is 6.99. The van der Waals surface area contributed by atoms with E-state index >= 15 is 0 Å². The van der Waals surface area contributed by atoms with Crippen LogP contribution in [-0.2, 0) is 21.2 Å². The van der Waals surface area contributed by atoms with Gasteiger partial charge in [-0.2, -0.15) is 0 Å². The van der Waals surface area contributed by atoms with Crippen LogP contribution in [-0.4, -0.2) is 39.8 Å². The van der Waals surface area contributed by atoms with Crippen molar-refractivity contribution in [1.29, 1.82) is 0 Å². The molecule has 8 nitrogen and oxygen atoms in total. The summed E-state index contributed by atoms with van der Waals surface area (Å²) < 4.78 is 56.3. The number of rotatable bonds is 8. The number of nitrogens with zero attached hydrogens (tertiary/aromatic N) is 1. The van der Waals surface area contributed by atoms with Gasteiger partial charge in [-0.1, -0.05) is 53.2 Å². The molecule has 0 atom stereocenters. The molecule has 3 aromatic carbocycles. The van der Waals surface area contributed by atoms with Gasteiger partial charge in [0.2, 0.25) is 10.0 Å². The lowest BCUT2D eigenvalue weighted by Crippen LogP contribution is -2.43. The molecule has 1 aliphatic rings. The van der Waals surface area contributed by atoms with Gasteiger partial charge < -0.3 is 4.74 Å².